The van der Waals surface area contributed by atoms with Gasteiger partial charge in [-0.2, -0.15) is 0 Å². The van der Waals surface area contributed by atoms with Crippen LogP contribution in [0.3, 0.4) is 0 Å². The monoisotopic (exact) mass is 635 g/mol. The van der Waals surface area contributed by atoms with E-state index in [4.69, 9.17) is 9.26 Å². The number of esters is 1. The molecule has 0 aliphatic carbocycles. The summed E-state index contributed by atoms with van der Waals surface area (Å²) in [6, 6.07) is -1.54. The molecule has 0 aliphatic heterocycles. The summed E-state index contributed by atoms with van der Waals surface area (Å²) in [5, 5.41) is 21.5. The third-order valence-electron chi connectivity index (χ3n) is 6.80. The fourth-order valence-electron chi connectivity index (χ4n) is 4.19. The Balaban J connectivity index is 3.96. The van der Waals surface area contributed by atoms with Gasteiger partial charge in [-0.25, -0.2) is 9.36 Å². The van der Waals surface area contributed by atoms with Crippen molar-refractivity contribution in [3.63, 3.8) is 0 Å². The largest absolute Gasteiger partial charge is 0.480 e. The zero-order chi connectivity index (χ0) is 32.2. The number of carboxylic acids is 1. The Bertz CT molecular complexity index is 807. The molecule has 0 bridgehead atoms. The first-order chi connectivity index (χ1) is 20.6. The number of ether oxygens (including phenoxy) is 1. The average Bonchev–Trinajstić information content (AvgIpc) is 2.97. The maximum atomic E-state index is 12.1. The zero-order valence-corrected chi connectivity index (χ0v) is 27.4. The number of carbonyl (C=O) groups is 3. The Kier molecular flexibility index (Phi) is 26.6. The minimum Gasteiger partial charge on any atom is -0.480 e. The molecular formula is C31H58NO10P. The summed E-state index contributed by atoms with van der Waals surface area (Å²) < 4.78 is 26.5. The molecule has 252 valence electrons. The standard InChI is InChI=1S/C31H58NO10P/c1-3-5-7-9-10-11-12-13-14-15-16-17-19-21-23-30(35)40-24-27(33)25-41-43(38,39)42-26-28(31(36)37)32-29(34)22-20-18-8-6-4-2/h12-13,27-28,33H,3-11,14-26H2,1-2H3,(H,32,34)(H,36,37)(H,38,39)/b13-12-. The third kappa shape index (κ3) is 27.5. The Morgan fingerprint density at radius 2 is 1.21 bits per heavy atom. The second kappa shape index (κ2) is 27.7. The fraction of sp³-hybridized carbons (Fsp3) is 0.839. The number of nitrogens with one attached hydrogen (secondary N) is 1. The summed E-state index contributed by atoms with van der Waals surface area (Å²) in [4.78, 5) is 45.1. The van der Waals surface area contributed by atoms with E-state index in [1.54, 1.807) is 0 Å². The number of carboxylic acid groups (broad SMARTS) is 1. The van der Waals surface area contributed by atoms with Crippen LogP contribution in [-0.4, -0.2) is 64.9 Å². The summed E-state index contributed by atoms with van der Waals surface area (Å²) in [5.74, 6) is -2.40. The molecule has 0 spiro atoms. The van der Waals surface area contributed by atoms with Gasteiger partial charge >= 0.3 is 19.8 Å². The molecule has 1 amide bonds. The van der Waals surface area contributed by atoms with Gasteiger partial charge < -0.3 is 25.2 Å². The first-order valence-corrected chi connectivity index (χ1v) is 17.7. The summed E-state index contributed by atoms with van der Waals surface area (Å²) in [6.45, 7) is 2.41. The molecule has 11 nitrogen and oxygen atoms in total. The molecule has 3 atom stereocenters. The van der Waals surface area contributed by atoms with Gasteiger partial charge in [-0.1, -0.05) is 96.6 Å². The summed E-state index contributed by atoms with van der Waals surface area (Å²) in [6.07, 6.45) is 21.7. The maximum Gasteiger partial charge on any atom is 0.472 e. The first-order valence-electron chi connectivity index (χ1n) is 16.2. The molecule has 0 fully saturated rings. The minimum absolute atomic E-state index is 0.142. The van der Waals surface area contributed by atoms with Crippen LogP contribution in [0.5, 0.6) is 0 Å². The fourth-order valence-corrected chi connectivity index (χ4v) is 4.96. The lowest BCUT2D eigenvalue weighted by Gasteiger charge is -2.18. The number of aliphatic hydroxyl groups is 1. The predicted molar refractivity (Wildman–Crippen MR) is 166 cm³/mol. The Labute approximate surface area is 258 Å². The Morgan fingerprint density at radius 3 is 1.77 bits per heavy atom. The second-order valence-corrected chi connectivity index (χ2v) is 12.5. The van der Waals surface area contributed by atoms with Crippen molar-refractivity contribution in [2.75, 3.05) is 19.8 Å². The summed E-state index contributed by atoms with van der Waals surface area (Å²) in [5.41, 5.74) is 0. The number of rotatable bonds is 30. The van der Waals surface area contributed by atoms with E-state index in [0.29, 0.717) is 12.8 Å². The molecule has 0 aromatic rings. The average molecular weight is 636 g/mol. The van der Waals surface area contributed by atoms with E-state index >= 15 is 0 Å². The lowest BCUT2D eigenvalue weighted by atomic mass is 10.1. The van der Waals surface area contributed by atoms with Crippen LogP contribution in [0.15, 0.2) is 12.2 Å². The van der Waals surface area contributed by atoms with Crippen molar-refractivity contribution in [2.45, 2.75) is 148 Å². The molecule has 0 aliphatic rings. The van der Waals surface area contributed by atoms with Gasteiger partial charge in [0.25, 0.3) is 0 Å². The Hall–Kier alpha value is -1.78. The molecular weight excluding hydrogens is 577 g/mol. The summed E-state index contributed by atoms with van der Waals surface area (Å²) >= 11 is 0. The molecule has 0 radical (unpaired) electrons. The molecule has 4 N–H and O–H groups in total. The van der Waals surface area contributed by atoms with Crippen LogP contribution >= 0.6 is 7.82 Å². The van der Waals surface area contributed by atoms with Crippen LogP contribution in [0.1, 0.15) is 136 Å². The van der Waals surface area contributed by atoms with Crippen LogP contribution < -0.4 is 5.32 Å². The van der Waals surface area contributed by atoms with E-state index in [1.165, 1.54) is 32.1 Å². The van der Waals surface area contributed by atoms with Crippen LogP contribution in [0.25, 0.3) is 0 Å². The molecule has 12 heteroatoms. The lowest BCUT2D eigenvalue weighted by molar-refractivity contribution is -0.147. The molecule has 0 rings (SSSR count). The van der Waals surface area contributed by atoms with Crippen molar-refractivity contribution in [2.24, 2.45) is 0 Å². The first kappa shape index (κ1) is 41.2. The highest BCUT2D eigenvalue weighted by atomic mass is 31.2. The van der Waals surface area contributed by atoms with Crippen molar-refractivity contribution in [3.8, 4) is 0 Å². The number of amides is 1. The molecule has 43 heavy (non-hydrogen) atoms. The Morgan fingerprint density at radius 1 is 0.721 bits per heavy atom. The van der Waals surface area contributed by atoms with Gasteiger partial charge in [-0.05, 0) is 38.5 Å². The number of unbranched alkanes of at least 4 members (excludes halogenated alkanes) is 14. The van der Waals surface area contributed by atoms with Gasteiger partial charge in [0.2, 0.25) is 5.91 Å². The van der Waals surface area contributed by atoms with Crippen molar-refractivity contribution < 1.29 is 47.8 Å². The number of phosphoric ester groups is 1. The number of hydrogen-bond donors (Lipinski definition) is 4. The van der Waals surface area contributed by atoms with Crippen molar-refractivity contribution >= 4 is 25.7 Å². The molecule has 0 saturated carbocycles. The van der Waals surface area contributed by atoms with E-state index in [9.17, 15) is 34.1 Å². The van der Waals surface area contributed by atoms with Gasteiger partial charge in [0.15, 0.2) is 6.04 Å². The van der Waals surface area contributed by atoms with Crippen LogP contribution in [-0.2, 0) is 32.7 Å². The van der Waals surface area contributed by atoms with Gasteiger partial charge in [0.1, 0.15) is 12.7 Å². The highest BCUT2D eigenvalue weighted by Gasteiger charge is 2.28. The van der Waals surface area contributed by atoms with Gasteiger partial charge in [-0.15, -0.1) is 0 Å². The van der Waals surface area contributed by atoms with E-state index in [2.05, 4.69) is 35.8 Å². The zero-order valence-electron chi connectivity index (χ0n) is 26.5. The highest BCUT2D eigenvalue weighted by Crippen LogP contribution is 2.43. The molecule has 0 aromatic heterocycles. The van der Waals surface area contributed by atoms with Gasteiger partial charge in [0, 0.05) is 12.8 Å². The lowest BCUT2D eigenvalue weighted by Crippen LogP contribution is -2.43. The topological polar surface area (TPSA) is 169 Å². The molecule has 0 saturated heterocycles. The van der Waals surface area contributed by atoms with Crippen LogP contribution in [0.2, 0.25) is 0 Å². The van der Waals surface area contributed by atoms with E-state index in [0.717, 1.165) is 64.2 Å². The van der Waals surface area contributed by atoms with E-state index in [-0.39, 0.29) is 12.8 Å². The normalized spacial score (nSPS) is 14.3. The number of phosphoric acid groups is 1. The number of aliphatic hydroxyl groups excluding tert-OH is 1. The maximum absolute atomic E-state index is 12.1. The van der Waals surface area contributed by atoms with Crippen molar-refractivity contribution in [1.29, 1.82) is 0 Å². The molecule has 3 unspecified atom stereocenters. The van der Waals surface area contributed by atoms with Crippen LogP contribution in [0, 0.1) is 0 Å². The van der Waals surface area contributed by atoms with E-state index in [1.807, 2.05) is 0 Å². The second-order valence-electron chi connectivity index (χ2n) is 11.0. The molecule has 0 heterocycles. The number of hydrogen-bond acceptors (Lipinski definition) is 8. The van der Waals surface area contributed by atoms with Crippen molar-refractivity contribution in [3.05, 3.63) is 12.2 Å². The quantitative estimate of drug-likeness (QED) is 0.0292. The van der Waals surface area contributed by atoms with Gasteiger partial charge in [-0.3, -0.25) is 18.6 Å². The van der Waals surface area contributed by atoms with Gasteiger partial charge in [0.05, 0.1) is 13.2 Å². The van der Waals surface area contributed by atoms with Crippen LogP contribution in [0.4, 0.5) is 0 Å². The SMILES string of the molecule is CCCCCCC/C=C\CCCCCCCC(=O)OCC(O)COP(=O)(O)OCC(NC(=O)CCCCCCC)C(=O)O. The van der Waals surface area contributed by atoms with E-state index < -0.39 is 57.6 Å². The smallest absolute Gasteiger partial charge is 0.472 e. The number of aliphatic carboxylic acids is 1. The molecule has 0 aromatic carbocycles. The number of carbonyl (C=O) groups excluding carboxylic acids is 2. The summed E-state index contributed by atoms with van der Waals surface area (Å²) in [7, 11) is -4.73. The predicted octanol–water partition coefficient (Wildman–Crippen LogP) is 6.60. The van der Waals surface area contributed by atoms with Crippen molar-refractivity contribution in [1.82, 2.24) is 5.32 Å². The highest BCUT2D eigenvalue weighted by molar-refractivity contribution is 7.47. The number of allylic oxidation sites excluding steroid dienone is 2. The minimum atomic E-state index is -4.73. The third-order valence-corrected chi connectivity index (χ3v) is 7.76.